The molecule has 8 heteroatoms. The minimum Gasteiger partial charge on any atom is -0.342 e. The number of nitrogens with one attached hydrogen (secondary N) is 1. The van der Waals surface area contributed by atoms with Gasteiger partial charge in [0, 0.05) is 26.1 Å². The van der Waals surface area contributed by atoms with Crippen LogP contribution in [-0.2, 0) is 9.59 Å². The molecule has 5 nitrogen and oxygen atoms in total. The van der Waals surface area contributed by atoms with Crippen LogP contribution < -0.4 is 5.32 Å². The zero-order valence-corrected chi connectivity index (χ0v) is 12.9. The summed E-state index contributed by atoms with van der Waals surface area (Å²) in [4.78, 5) is 26.8. The quantitative estimate of drug-likeness (QED) is 0.815. The van der Waals surface area contributed by atoms with Gasteiger partial charge in [0.2, 0.25) is 11.8 Å². The smallest absolute Gasteiger partial charge is 0.342 e. The molecule has 0 spiro atoms. The minimum atomic E-state index is -4.42. The van der Waals surface area contributed by atoms with E-state index in [2.05, 4.69) is 5.32 Å². The van der Waals surface area contributed by atoms with Crippen LogP contribution in [0, 0.1) is 17.8 Å². The van der Waals surface area contributed by atoms with Crippen LogP contribution in [-0.4, -0.2) is 67.1 Å². The first-order chi connectivity index (χ1) is 10.8. The number of carbonyl (C=O) groups is 2. The zero-order valence-electron chi connectivity index (χ0n) is 12.9. The van der Waals surface area contributed by atoms with Crippen molar-refractivity contribution in [3.05, 3.63) is 0 Å². The van der Waals surface area contributed by atoms with Crippen molar-refractivity contribution in [3.63, 3.8) is 0 Å². The molecule has 0 aromatic carbocycles. The van der Waals surface area contributed by atoms with E-state index in [9.17, 15) is 22.8 Å². The van der Waals surface area contributed by atoms with Gasteiger partial charge in [0.05, 0.1) is 5.92 Å². The molecule has 0 radical (unpaired) electrons. The van der Waals surface area contributed by atoms with Crippen LogP contribution in [0.3, 0.4) is 0 Å². The predicted molar refractivity (Wildman–Crippen MR) is 76.4 cm³/mol. The lowest BCUT2D eigenvalue weighted by molar-refractivity contribution is -0.157. The number of nitrogens with zero attached hydrogens (tertiary/aromatic N) is 2. The summed E-state index contributed by atoms with van der Waals surface area (Å²) >= 11 is 0. The van der Waals surface area contributed by atoms with Gasteiger partial charge in [-0.05, 0) is 37.8 Å². The van der Waals surface area contributed by atoms with Gasteiger partial charge >= 0.3 is 6.18 Å². The second kappa shape index (κ2) is 6.30. The number of alkyl halides is 3. The first-order valence-electron chi connectivity index (χ1n) is 8.17. The van der Waals surface area contributed by atoms with Crippen molar-refractivity contribution < 1.29 is 22.8 Å². The van der Waals surface area contributed by atoms with Gasteiger partial charge in [-0.3, -0.25) is 9.59 Å². The van der Waals surface area contributed by atoms with Crippen molar-refractivity contribution in [1.82, 2.24) is 15.1 Å². The molecule has 3 rings (SSSR count). The van der Waals surface area contributed by atoms with E-state index in [4.69, 9.17) is 0 Å². The molecular weight excluding hydrogens is 311 g/mol. The van der Waals surface area contributed by atoms with Gasteiger partial charge in [0.15, 0.2) is 0 Å². The molecule has 0 bridgehead atoms. The number of hydrogen-bond donors (Lipinski definition) is 1. The Morgan fingerprint density at radius 3 is 2.35 bits per heavy atom. The number of likely N-dealkylation sites (tertiary alicyclic amines) is 2. The van der Waals surface area contributed by atoms with Gasteiger partial charge in [-0.1, -0.05) is 0 Å². The summed E-state index contributed by atoms with van der Waals surface area (Å²) in [5, 5.41) is 3.36. The van der Waals surface area contributed by atoms with Gasteiger partial charge in [0.25, 0.3) is 0 Å². The molecular formula is C15H22F3N3O2. The van der Waals surface area contributed by atoms with Gasteiger partial charge < -0.3 is 15.1 Å². The van der Waals surface area contributed by atoms with Gasteiger partial charge in [0.1, 0.15) is 6.54 Å². The number of carbonyl (C=O) groups excluding carboxylic acids is 2. The Morgan fingerprint density at radius 2 is 1.78 bits per heavy atom. The maximum Gasteiger partial charge on any atom is 0.406 e. The van der Waals surface area contributed by atoms with Crippen molar-refractivity contribution in [2.75, 3.05) is 39.3 Å². The monoisotopic (exact) mass is 333 g/mol. The third-order valence-electron chi connectivity index (χ3n) is 5.26. The Balaban J connectivity index is 1.57. The number of halogens is 3. The Hall–Kier alpha value is -1.31. The number of hydrogen-bond acceptors (Lipinski definition) is 3. The fraction of sp³-hybridized carbons (Fsp3) is 0.867. The molecule has 3 heterocycles. The lowest BCUT2D eigenvalue weighted by Gasteiger charge is -2.24. The summed E-state index contributed by atoms with van der Waals surface area (Å²) in [5.41, 5.74) is 0. The number of rotatable bonds is 2. The standard InChI is InChI=1S/C15H22F3N3O2/c16-15(17,18)9-21-8-12(5-13(21)22)14(23)20-3-1-10-6-19-7-11(10)2-4-20/h10-12,19H,1-9H2/t10-,11+,12?. The van der Waals surface area contributed by atoms with Gasteiger partial charge in [-0.25, -0.2) is 0 Å². The Morgan fingerprint density at radius 1 is 1.17 bits per heavy atom. The van der Waals surface area contributed by atoms with Crippen molar-refractivity contribution >= 4 is 11.8 Å². The van der Waals surface area contributed by atoms with E-state index in [-0.39, 0.29) is 18.9 Å². The van der Waals surface area contributed by atoms with Gasteiger partial charge in [-0.2, -0.15) is 13.2 Å². The molecule has 2 amide bonds. The Bertz CT molecular complexity index is 469. The SMILES string of the molecule is O=C1CC(C(=O)N2CC[C@@H]3CNC[C@@H]3CC2)CN1CC(F)(F)F. The van der Waals surface area contributed by atoms with E-state index in [1.165, 1.54) is 0 Å². The van der Waals surface area contributed by atoms with Crippen LogP contribution in [0.15, 0.2) is 0 Å². The molecule has 3 saturated heterocycles. The molecule has 0 aliphatic carbocycles. The normalized spacial score (nSPS) is 32.1. The molecule has 1 unspecified atom stereocenters. The minimum absolute atomic E-state index is 0.0974. The first kappa shape index (κ1) is 16.5. The highest BCUT2D eigenvalue weighted by molar-refractivity contribution is 5.89. The summed E-state index contributed by atoms with van der Waals surface area (Å²) in [5.74, 6) is -0.187. The zero-order chi connectivity index (χ0) is 16.6. The van der Waals surface area contributed by atoms with E-state index in [1.807, 2.05) is 0 Å². The molecule has 3 atom stereocenters. The van der Waals surface area contributed by atoms with Crippen molar-refractivity contribution in [1.29, 1.82) is 0 Å². The van der Waals surface area contributed by atoms with Crippen molar-refractivity contribution in [2.45, 2.75) is 25.4 Å². The number of fused-ring (bicyclic) bond motifs is 1. The first-order valence-corrected chi connectivity index (χ1v) is 8.17. The fourth-order valence-corrected chi connectivity index (χ4v) is 4.00. The maximum atomic E-state index is 12.6. The van der Waals surface area contributed by atoms with Crippen LogP contribution in [0.1, 0.15) is 19.3 Å². The van der Waals surface area contributed by atoms with E-state index >= 15 is 0 Å². The fourth-order valence-electron chi connectivity index (χ4n) is 4.00. The lowest BCUT2D eigenvalue weighted by Crippen LogP contribution is -2.39. The molecule has 23 heavy (non-hydrogen) atoms. The molecule has 130 valence electrons. The van der Waals surface area contributed by atoms with Crippen molar-refractivity contribution in [3.8, 4) is 0 Å². The average molecular weight is 333 g/mol. The molecule has 0 saturated carbocycles. The number of amides is 2. The van der Waals surface area contributed by atoms with Crippen LogP contribution >= 0.6 is 0 Å². The van der Waals surface area contributed by atoms with E-state index in [0.29, 0.717) is 24.9 Å². The summed E-state index contributed by atoms with van der Waals surface area (Å²) in [6.07, 6.45) is -2.66. The largest absolute Gasteiger partial charge is 0.406 e. The van der Waals surface area contributed by atoms with E-state index < -0.39 is 24.5 Å². The highest BCUT2D eigenvalue weighted by atomic mass is 19.4. The highest BCUT2D eigenvalue weighted by Gasteiger charge is 2.42. The predicted octanol–water partition coefficient (Wildman–Crippen LogP) is 0.855. The summed E-state index contributed by atoms with van der Waals surface area (Å²) in [6.45, 7) is 1.88. The molecule has 1 N–H and O–H groups in total. The average Bonchev–Trinajstić information content (AvgIpc) is 2.99. The molecule has 0 aromatic heterocycles. The highest BCUT2D eigenvalue weighted by Crippen LogP contribution is 2.29. The Labute approximate surface area is 133 Å². The van der Waals surface area contributed by atoms with Crippen LogP contribution in [0.4, 0.5) is 13.2 Å². The van der Waals surface area contributed by atoms with Crippen LogP contribution in [0.2, 0.25) is 0 Å². The van der Waals surface area contributed by atoms with Gasteiger partial charge in [-0.15, -0.1) is 0 Å². The third-order valence-corrected chi connectivity index (χ3v) is 5.26. The van der Waals surface area contributed by atoms with Crippen LogP contribution in [0.25, 0.3) is 0 Å². The van der Waals surface area contributed by atoms with Crippen LogP contribution in [0.5, 0.6) is 0 Å². The Kier molecular flexibility index (Phi) is 4.53. The molecule has 3 aliphatic rings. The third kappa shape index (κ3) is 3.79. The topological polar surface area (TPSA) is 52.7 Å². The second-order valence-corrected chi connectivity index (χ2v) is 6.87. The van der Waals surface area contributed by atoms with E-state index in [0.717, 1.165) is 30.8 Å². The molecule has 3 aliphatic heterocycles. The lowest BCUT2D eigenvalue weighted by atomic mass is 9.92. The second-order valence-electron chi connectivity index (χ2n) is 6.87. The van der Waals surface area contributed by atoms with Crippen molar-refractivity contribution in [2.24, 2.45) is 17.8 Å². The molecule has 3 fully saturated rings. The molecule has 0 aromatic rings. The summed E-state index contributed by atoms with van der Waals surface area (Å²) in [7, 11) is 0. The maximum absolute atomic E-state index is 12.6. The summed E-state index contributed by atoms with van der Waals surface area (Å²) in [6, 6.07) is 0. The summed E-state index contributed by atoms with van der Waals surface area (Å²) < 4.78 is 37.4. The van der Waals surface area contributed by atoms with E-state index in [1.54, 1.807) is 4.90 Å².